The summed E-state index contributed by atoms with van der Waals surface area (Å²) < 4.78 is 52.5. The van der Waals surface area contributed by atoms with Crippen LogP contribution in [0.25, 0.3) is 11.3 Å². The molecule has 1 fully saturated rings. The van der Waals surface area contributed by atoms with Crippen molar-refractivity contribution in [1.29, 1.82) is 0 Å². The summed E-state index contributed by atoms with van der Waals surface area (Å²) in [6.07, 6.45) is 0. The van der Waals surface area contributed by atoms with Gasteiger partial charge in [0, 0.05) is 37.8 Å². The van der Waals surface area contributed by atoms with E-state index in [-0.39, 0.29) is 10.7 Å². The predicted molar refractivity (Wildman–Crippen MR) is 127 cm³/mol. The molecule has 0 amide bonds. The molecule has 0 bridgehead atoms. The van der Waals surface area contributed by atoms with Crippen LogP contribution in [-0.2, 0) is 10.0 Å². The molecule has 2 aromatic carbocycles. The number of anilines is 1. The Hall–Kier alpha value is -3.24. The molecule has 1 aromatic heterocycles. The van der Waals surface area contributed by atoms with E-state index in [1.54, 1.807) is 24.3 Å². The molecule has 3 aromatic rings. The number of piperazine rings is 1. The van der Waals surface area contributed by atoms with Crippen LogP contribution in [0.5, 0.6) is 11.5 Å². The van der Waals surface area contributed by atoms with Crippen molar-refractivity contribution in [3.05, 3.63) is 60.4 Å². The Morgan fingerprint density at radius 3 is 2.21 bits per heavy atom. The lowest BCUT2D eigenvalue weighted by molar-refractivity contribution is 0.319. The quantitative estimate of drug-likeness (QED) is 0.481. The third-order valence-electron chi connectivity index (χ3n) is 5.50. The number of aromatic nitrogens is 2. The number of benzene rings is 2. The second-order valence-electron chi connectivity index (χ2n) is 7.65. The maximum atomic E-state index is 13.4. The van der Waals surface area contributed by atoms with Crippen LogP contribution in [-0.4, -0.2) is 62.3 Å². The first kappa shape index (κ1) is 23.9. The predicted octanol–water partition coefficient (Wildman–Crippen LogP) is 3.59. The van der Waals surface area contributed by atoms with Gasteiger partial charge in [0.05, 0.1) is 18.9 Å². The molecule has 4 rings (SSSR count). The van der Waals surface area contributed by atoms with Crippen molar-refractivity contribution in [2.45, 2.75) is 18.7 Å². The van der Waals surface area contributed by atoms with Gasteiger partial charge in [-0.25, -0.2) is 12.8 Å². The number of nitrogens with zero attached hydrogens (tertiary/aromatic N) is 4. The highest BCUT2D eigenvalue weighted by atomic mass is 32.2. The molecule has 0 saturated carbocycles. The summed E-state index contributed by atoms with van der Waals surface area (Å²) in [6.45, 7) is 6.00. The van der Waals surface area contributed by atoms with Gasteiger partial charge in [0.25, 0.3) is 0 Å². The van der Waals surface area contributed by atoms with Crippen LogP contribution in [0.4, 0.5) is 10.2 Å². The van der Waals surface area contributed by atoms with E-state index in [4.69, 9.17) is 9.47 Å². The van der Waals surface area contributed by atoms with E-state index in [1.165, 1.54) is 22.5 Å². The highest BCUT2D eigenvalue weighted by Gasteiger charge is 2.32. The highest BCUT2D eigenvalue weighted by Crippen LogP contribution is 2.32. The Kier molecular flexibility index (Phi) is 7.28. The van der Waals surface area contributed by atoms with Gasteiger partial charge in [-0.3, -0.25) is 0 Å². The second-order valence-corrected chi connectivity index (χ2v) is 9.56. The van der Waals surface area contributed by atoms with E-state index in [0.717, 1.165) is 5.56 Å². The molecule has 180 valence electrons. The Bertz CT molecular complexity index is 1210. The standard InChI is InChI=1S/C24H27FN4O4S/c1-3-32-20-9-11-22(33-4-2)23(17-20)34(30,31)29-15-13-28(14-16-29)24-12-10-21(26-27-24)18-5-7-19(25)8-6-18/h5-12,17H,3-4,13-16H2,1-2H3. The molecule has 2 heterocycles. The zero-order chi connectivity index (χ0) is 24.1. The molecule has 10 heteroatoms. The van der Waals surface area contributed by atoms with E-state index in [2.05, 4.69) is 10.2 Å². The fraction of sp³-hybridized carbons (Fsp3) is 0.333. The van der Waals surface area contributed by atoms with Gasteiger partial charge in [0.1, 0.15) is 22.2 Å². The number of sulfonamides is 1. The van der Waals surface area contributed by atoms with Crippen molar-refractivity contribution in [2.75, 3.05) is 44.3 Å². The van der Waals surface area contributed by atoms with E-state index >= 15 is 0 Å². The molecule has 1 aliphatic rings. The minimum atomic E-state index is -3.77. The topological polar surface area (TPSA) is 84.9 Å². The Balaban J connectivity index is 1.47. The normalized spacial score (nSPS) is 14.7. The fourth-order valence-corrected chi connectivity index (χ4v) is 5.35. The third-order valence-corrected chi connectivity index (χ3v) is 7.42. The summed E-state index contributed by atoms with van der Waals surface area (Å²) in [6, 6.07) is 14.6. The highest BCUT2D eigenvalue weighted by molar-refractivity contribution is 7.89. The Morgan fingerprint density at radius 2 is 1.59 bits per heavy atom. The molecule has 0 radical (unpaired) electrons. The molecule has 0 spiro atoms. The monoisotopic (exact) mass is 486 g/mol. The smallest absolute Gasteiger partial charge is 0.247 e. The van der Waals surface area contributed by atoms with Crippen LogP contribution in [0.15, 0.2) is 59.5 Å². The van der Waals surface area contributed by atoms with Crippen molar-refractivity contribution in [2.24, 2.45) is 0 Å². The molecule has 0 N–H and O–H groups in total. The number of hydrogen-bond acceptors (Lipinski definition) is 7. The lowest BCUT2D eigenvalue weighted by Crippen LogP contribution is -2.49. The average Bonchev–Trinajstić information content (AvgIpc) is 2.86. The molecule has 0 atom stereocenters. The zero-order valence-electron chi connectivity index (χ0n) is 19.1. The largest absolute Gasteiger partial charge is 0.494 e. The van der Waals surface area contributed by atoms with Crippen molar-refractivity contribution in [1.82, 2.24) is 14.5 Å². The third kappa shape index (κ3) is 5.13. The van der Waals surface area contributed by atoms with Crippen molar-refractivity contribution in [3.63, 3.8) is 0 Å². The summed E-state index contributed by atoms with van der Waals surface area (Å²) in [5, 5.41) is 8.55. The SMILES string of the molecule is CCOc1ccc(OCC)c(S(=O)(=O)N2CCN(c3ccc(-c4ccc(F)cc4)nn3)CC2)c1. The maximum absolute atomic E-state index is 13.4. The van der Waals surface area contributed by atoms with Crippen LogP contribution in [0, 0.1) is 5.82 Å². The summed E-state index contributed by atoms with van der Waals surface area (Å²) in [4.78, 5) is 2.10. The number of hydrogen-bond donors (Lipinski definition) is 0. The van der Waals surface area contributed by atoms with Gasteiger partial charge in [0.15, 0.2) is 5.82 Å². The van der Waals surface area contributed by atoms with E-state index in [0.29, 0.717) is 62.4 Å². The molecule has 1 aliphatic heterocycles. The molecular weight excluding hydrogens is 459 g/mol. The molecule has 8 nitrogen and oxygen atoms in total. The van der Waals surface area contributed by atoms with Gasteiger partial charge in [-0.2, -0.15) is 4.31 Å². The first-order valence-corrected chi connectivity index (χ1v) is 12.6. The fourth-order valence-electron chi connectivity index (χ4n) is 3.79. The second kappa shape index (κ2) is 10.4. The number of halogens is 1. The first-order chi connectivity index (χ1) is 16.4. The molecule has 34 heavy (non-hydrogen) atoms. The van der Waals surface area contributed by atoms with E-state index in [9.17, 15) is 12.8 Å². The van der Waals surface area contributed by atoms with Crippen LogP contribution in [0.1, 0.15) is 13.8 Å². The average molecular weight is 487 g/mol. The minimum Gasteiger partial charge on any atom is -0.494 e. The number of ether oxygens (including phenoxy) is 2. The van der Waals surface area contributed by atoms with Crippen molar-refractivity contribution < 1.29 is 22.3 Å². The summed E-state index contributed by atoms with van der Waals surface area (Å²) >= 11 is 0. The van der Waals surface area contributed by atoms with Gasteiger partial charge in [0.2, 0.25) is 10.0 Å². The van der Waals surface area contributed by atoms with Gasteiger partial charge >= 0.3 is 0 Å². The van der Waals surface area contributed by atoms with Crippen molar-refractivity contribution in [3.8, 4) is 22.8 Å². The molecule has 0 unspecified atom stereocenters. The van der Waals surface area contributed by atoms with Gasteiger partial charge < -0.3 is 14.4 Å². The van der Waals surface area contributed by atoms with Gasteiger partial charge in [-0.1, -0.05) is 0 Å². The minimum absolute atomic E-state index is 0.109. The Labute approximate surface area is 199 Å². The molecule has 0 aliphatic carbocycles. The van der Waals surface area contributed by atoms with Crippen LogP contribution >= 0.6 is 0 Å². The van der Waals surface area contributed by atoms with Gasteiger partial charge in [-0.15, -0.1) is 10.2 Å². The lowest BCUT2D eigenvalue weighted by Gasteiger charge is -2.34. The summed E-state index contributed by atoms with van der Waals surface area (Å²) in [5.74, 6) is 1.16. The van der Waals surface area contributed by atoms with Crippen molar-refractivity contribution >= 4 is 15.8 Å². The molecule has 1 saturated heterocycles. The molecular formula is C24H27FN4O4S. The summed E-state index contributed by atoms with van der Waals surface area (Å²) in [7, 11) is -3.77. The Morgan fingerprint density at radius 1 is 0.882 bits per heavy atom. The van der Waals surface area contributed by atoms with Gasteiger partial charge in [-0.05, 0) is 62.4 Å². The van der Waals surface area contributed by atoms with E-state index < -0.39 is 10.0 Å². The zero-order valence-corrected chi connectivity index (χ0v) is 20.0. The lowest BCUT2D eigenvalue weighted by atomic mass is 10.1. The van der Waals surface area contributed by atoms with Crippen LogP contribution < -0.4 is 14.4 Å². The van der Waals surface area contributed by atoms with Crippen LogP contribution in [0.3, 0.4) is 0 Å². The van der Waals surface area contributed by atoms with E-state index in [1.807, 2.05) is 30.9 Å². The van der Waals surface area contributed by atoms with Crippen LogP contribution in [0.2, 0.25) is 0 Å². The number of rotatable bonds is 8. The first-order valence-electron chi connectivity index (χ1n) is 11.2. The maximum Gasteiger partial charge on any atom is 0.247 e. The summed E-state index contributed by atoms with van der Waals surface area (Å²) in [5.41, 5.74) is 1.42.